The minimum Gasteiger partial charge on any atom is -0.494 e. The number of rotatable bonds is 4. The van der Waals surface area contributed by atoms with Gasteiger partial charge in [0.25, 0.3) is 5.91 Å². The molecule has 1 heterocycles. The molecule has 20 heavy (non-hydrogen) atoms. The molecule has 0 aliphatic carbocycles. The number of carbonyl (C=O) groups excluding carboxylic acids is 1. The summed E-state index contributed by atoms with van der Waals surface area (Å²) in [5.41, 5.74) is 7.28. The summed E-state index contributed by atoms with van der Waals surface area (Å²) >= 11 is 0. The highest BCUT2D eigenvalue weighted by molar-refractivity contribution is 5.93. The van der Waals surface area contributed by atoms with Gasteiger partial charge in [-0.2, -0.15) is 0 Å². The Morgan fingerprint density at radius 2 is 2.15 bits per heavy atom. The van der Waals surface area contributed by atoms with Crippen molar-refractivity contribution in [3.8, 4) is 17.0 Å². The van der Waals surface area contributed by atoms with Crippen molar-refractivity contribution in [1.29, 1.82) is 0 Å². The van der Waals surface area contributed by atoms with E-state index in [0.717, 1.165) is 11.3 Å². The van der Waals surface area contributed by atoms with Crippen molar-refractivity contribution in [2.75, 3.05) is 19.4 Å². The van der Waals surface area contributed by atoms with E-state index in [1.165, 1.54) is 7.05 Å². The molecule has 0 saturated carbocycles. The van der Waals surface area contributed by atoms with Crippen LogP contribution in [0.4, 0.5) is 5.95 Å². The molecule has 1 aromatic heterocycles. The minimum absolute atomic E-state index is 0.0583. The van der Waals surface area contributed by atoms with Gasteiger partial charge in [0, 0.05) is 12.6 Å². The average Bonchev–Trinajstić information content (AvgIpc) is 2.46. The van der Waals surface area contributed by atoms with Gasteiger partial charge in [-0.05, 0) is 25.1 Å². The first-order chi connectivity index (χ1) is 9.63. The van der Waals surface area contributed by atoms with E-state index in [4.69, 9.17) is 10.5 Å². The molecule has 1 aromatic carbocycles. The second-order valence-corrected chi connectivity index (χ2v) is 4.04. The van der Waals surface area contributed by atoms with Crippen LogP contribution in [-0.2, 0) is 0 Å². The van der Waals surface area contributed by atoms with Crippen LogP contribution < -0.4 is 15.8 Å². The van der Waals surface area contributed by atoms with Crippen molar-refractivity contribution in [3.05, 3.63) is 36.0 Å². The maximum absolute atomic E-state index is 11.6. The SMILES string of the molecule is CCOc1cccc(-c2cc(C(=O)NC)nc(N)n2)c1. The summed E-state index contributed by atoms with van der Waals surface area (Å²) in [6.45, 7) is 2.50. The molecule has 6 nitrogen and oxygen atoms in total. The van der Waals surface area contributed by atoms with Crippen molar-refractivity contribution in [1.82, 2.24) is 15.3 Å². The predicted octanol–water partition coefficient (Wildman–Crippen LogP) is 1.48. The molecule has 0 aliphatic rings. The maximum Gasteiger partial charge on any atom is 0.269 e. The smallest absolute Gasteiger partial charge is 0.269 e. The van der Waals surface area contributed by atoms with Gasteiger partial charge in [0.2, 0.25) is 5.95 Å². The third-order valence-corrected chi connectivity index (χ3v) is 2.64. The molecule has 0 radical (unpaired) electrons. The maximum atomic E-state index is 11.6. The standard InChI is InChI=1S/C14H16N4O2/c1-3-20-10-6-4-5-9(7-10)11-8-12(13(19)16-2)18-14(15)17-11/h4-8H,3H2,1-2H3,(H,16,19)(H2,15,17,18). The van der Waals surface area contributed by atoms with Crippen LogP contribution in [0.3, 0.4) is 0 Å². The Morgan fingerprint density at radius 1 is 1.35 bits per heavy atom. The Morgan fingerprint density at radius 3 is 2.85 bits per heavy atom. The lowest BCUT2D eigenvalue weighted by molar-refractivity contribution is 0.0958. The van der Waals surface area contributed by atoms with E-state index in [9.17, 15) is 4.79 Å². The van der Waals surface area contributed by atoms with E-state index >= 15 is 0 Å². The van der Waals surface area contributed by atoms with Crippen molar-refractivity contribution in [2.24, 2.45) is 0 Å². The Balaban J connectivity index is 2.44. The Kier molecular flexibility index (Phi) is 4.14. The van der Waals surface area contributed by atoms with Gasteiger partial charge in [-0.1, -0.05) is 12.1 Å². The average molecular weight is 272 g/mol. The Labute approximate surface area is 117 Å². The molecule has 0 fully saturated rings. The fraction of sp³-hybridized carbons (Fsp3) is 0.214. The first kappa shape index (κ1) is 13.8. The molecule has 0 saturated heterocycles. The highest BCUT2D eigenvalue weighted by Gasteiger charge is 2.10. The summed E-state index contributed by atoms with van der Waals surface area (Å²) < 4.78 is 5.44. The van der Waals surface area contributed by atoms with Crippen LogP contribution in [-0.4, -0.2) is 29.5 Å². The molecule has 1 amide bonds. The van der Waals surface area contributed by atoms with Gasteiger partial charge >= 0.3 is 0 Å². The number of nitrogen functional groups attached to an aromatic ring is 1. The number of carbonyl (C=O) groups is 1. The molecule has 3 N–H and O–H groups in total. The molecular weight excluding hydrogens is 256 g/mol. The van der Waals surface area contributed by atoms with Crippen molar-refractivity contribution < 1.29 is 9.53 Å². The van der Waals surface area contributed by atoms with Crippen molar-refractivity contribution in [2.45, 2.75) is 6.92 Å². The lowest BCUT2D eigenvalue weighted by Gasteiger charge is -2.07. The van der Waals surface area contributed by atoms with Crippen molar-refractivity contribution in [3.63, 3.8) is 0 Å². The van der Waals surface area contributed by atoms with E-state index in [1.54, 1.807) is 6.07 Å². The van der Waals surface area contributed by atoms with Crippen LogP contribution in [0.2, 0.25) is 0 Å². The topological polar surface area (TPSA) is 90.1 Å². The number of benzene rings is 1. The molecule has 2 rings (SSSR count). The second-order valence-electron chi connectivity index (χ2n) is 4.04. The number of anilines is 1. The van der Waals surface area contributed by atoms with Gasteiger partial charge in [0.05, 0.1) is 12.3 Å². The van der Waals surface area contributed by atoms with Crippen LogP contribution in [0.1, 0.15) is 17.4 Å². The van der Waals surface area contributed by atoms with Gasteiger partial charge < -0.3 is 15.8 Å². The van der Waals surface area contributed by atoms with E-state index in [-0.39, 0.29) is 17.5 Å². The number of nitrogens with zero attached hydrogens (tertiary/aromatic N) is 2. The number of hydrogen-bond acceptors (Lipinski definition) is 5. The lowest BCUT2D eigenvalue weighted by Crippen LogP contribution is -2.20. The van der Waals surface area contributed by atoms with Crippen molar-refractivity contribution >= 4 is 11.9 Å². The largest absolute Gasteiger partial charge is 0.494 e. The monoisotopic (exact) mass is 272 g/mol. The van der Waals surface area contributed by atoms with Gasteiger partial charge in [-0.25, -0.2) is 9.97 Å². The number of ether oxygens (including phenoxy) is 1. The molecule has 0 atom stereocenters. The summed E-state index contributed by atoms with van der Waals surface area (Å²) in [4.78, 5) is 19.7. The fourth-order valence-corrected chi connectivity index (χ4v) is 1.77. The molecule has 0 unspecified atom stereocenters. The number of amides is 1. The first-order valence-electron chi connectivity index (χ1n) is 6.24. The van der Waals surface area contributed by atoms with E-state index < -0.39 is 0 Å². The zero-order chi connectivity index (χ0) is 14.5. The Hall–Kier alpha value is -2.63. The van der Waals surface area contributed by atoms with E-state index in [2.05, 4.69) is 15.3 Å². The van der Waals surface area contributed by atoms with Crippen LogP contribution in [0, 0.1) is 0 Å². The van der Waals surface area contributed by atoms with Crippen LogP contribution in [0.5, 0.6) is 5.75 Å². The number of nitrogens with two attached hydrogens (primary N) is 1. The molecule has 2 aromatic rings. The summed E-state index contributed by atoms with van der Waals surface area (Å²) in [6, 6.07) is 9.03. The number of hydrogen-bond donors (Lipinski definition) is 2. The summed E-state index contributed by atoms with van der Waals surface area (Å²) in [5.74, 6) is 0.493. The normalized spacial score (nSPS) is 10.1. The van der Waals surface area contributed by atoms with Crippen LogP contribution in [0.25, 0.3) is 11.3 Å². The number of aromatic nitrogens is 2. The van der Waals surface area contributed by atoms with E-state index in [0.29, 0.717) is 12.3 Å². The van der Waals surface area contributed by atoms with Gasteiger partial charge in [-0.15, -0.1) is 0 Å². The number of nitrogens with one attached hydrogen (secondary N) is 1. The quantitative estimate of drug-likeness (QED) is 0.880. The highest BCUT2D eigenvalue weighted by Crippen LogP contribution is 2.23. The zero-order valence-electron chi connectivity index (χ0n) is 11.4. The third kappa shape index (κ3) is 3.03. The van der Waals surface area contributed by atoms with Gasteiger partial charge in [0.1, 0.15) is 11.4 Å². The van der Waals surface area contributed by atoms with Crippen LogP contribution in [0.15, 0.2) is 30.3 Å². The zero-order valence-corrected chi connectivity index (χ0v) is 11.4. The molecule has 0 bridgehead atoms. The highest BCUT2D eigenvalue weighted by atomic mass is 16.5. The molecule has 104 valence electrons. The molecule has 6 heteroatoms. The molecule has 0 aliphatic heterocycles. The molecular formula is C14H16N4O2. The molecule has 0 spiro atoms. The minimum atomic E-state index is -0.304. The van der Waals surface area contributed by atoms with Crippen LogP contribution >= 0.6 is 0 Å². The predicted molar refractivity (Wildman–Crippen MR) is 76.4 cm³/mol. The third-order valence-electron chi connectivity index (χ3n) is 2.64. The summed E-state index contributed by atoms with van der Waals surface area (Å²) in [6.07, 6.45) is 0. The summed E-state index contributed by atoms with van der Waals surface area (Å²) in [5, 5.41) is 2.51. The lowest BCUT2D eigenvalue weighted by atomic mass is 10.1. The fourth-order valence-electron chi connectivity index (χ4n) is 1.77. The second kappa shape index (κ2) is 6.01. The summed E-state index contributed by atoms with van der Waals surface area (Å²) in [7, 11) is 1.54. The first-order valence-corrected chi connectivity index (χ1v) is 6.24. The van der Waals surface area contributed by atoms with Gasteiger partial charge in [-0.3, -0.25) is 4.79 Å². The Bertz CT molecular complexity index is 628. The van der Waals surface area contributed by atoms with E-state index in [1.807, 2.05) is 31.2 Å². The van der Waals surface area contributed by atoms with Gasteiger partial charge in [0.15, 0.2) is 0 Å².